The maximum absolute atomic E-state index is 12.3. The number of ether oxygens (including phenoxy) is 3. The number of carbonyl (C=O) groups excluding carboxylic acids is 1. The Balaban J connectivity index is 1.54. The van der Waals surface area contributed by atoms with E-state index < -0.39 is 5.92 Å². The van der Waals surface area contributed by atoms with Gasteiger partial charge in [0.05, 0.1) is 12.7 Å². The Labute approximate surface area is 152 Å². The third kappa shape index (κ3) is 4.45. The Morgan fingerprint density at radius 1 is 1.23 bits per heavy atom. The molecule has 0 fully saturated rings. The Bertz CT molecular complexity index is 829. The van der Waals surface area contributed by atoms with Crippen LogP contribution >= 0.6 is 0 Å². The van der Waals surface area contributed by atoms with Crippen LogP contribution in [0.25, 0.3) is 0 Å². The first-order valence-corrected chi connectivity index (χ1v) is 8.45. The van der Waals surface area contributed by atoms with Crippen molar-refractivity contribution in [3.05, 3.63) is 48.0 Å². The normalized spacial score (nSPS) is 13.4. The zero-order valence-electron chi connectivity index (χ0n) is 14.5. The molecule has 1 amide bonds. The lowest BCUT2D eigenvalue weighted by molar-refractivity contribution is -0.118. The molecular weight excluding hydrogens is 332 g/mol. The van der Waals surface area contributed by atoms with E-state index in [2.05, 4.69) is 5.32 Å². The van der Waals surface area contributed by atoms with Crippen molar-refractivity contribution >= 4 is 11.6 Å². The van der Waals surface area contributed by atoms with Crippen LogP contribution in [0.5, 0.6) is 17.2 Å². The average molecular weight is 352 g/mol. The second-order valence-electron chi connectivity index (χ2n) is 5.98. The molecule has 1 N–H and O–H groups in total. The minimum atomic E-state index is -0.798. The van der Waals surface area contributed by atoms with E-state index in [0.717, 1.165) is 11.3 Å². The van der Waals surface area contributed by atoms with Crippen LogP contribution in [0.3, 0.4) is 0 Å². The molecule has 0 saturated carbocycles. The molecule has 26 heavy (non-hydrogen) atoms. The number of aryl methyl sites for hydroxylation is 1. The molecule has 0 bridgehead atoms. The third-order valence-corrected chi connectivity index (χ3v) is 3.95. The van der Waals surface area contributed by atoms with Gasteiger partial charge < -0.3 is 19.5 Å². The van der Waals surface area contributed by atoms with E-state index in [9.17, 15) is 10.1 Å². The Morgan fingerprint density at radius 3 is 2.81 bits per heavy atom. The molecule has 1 aliphatic rings. The highest BCUT2D eigenvalue weighted by Gasteiger charge is 2.19. The van der Waals surface area contributed by atoms with Crippen LogP contribution in [0.2, 0.25) is 0 Å². The second kappa shape index (κ2) is 8.26. The van der Waals surface area contributed by atoms with Gasteiger partial charge in [0.25, 0.3) is 0 Å². The quantitative estimate of drug-likeness (QED) is 0.863. The molecule has 1 heterocycles. The van der Waals surface area contributed by atoms with Crippen LogP contribution in [0, 0.1) is 24.2 Å². The van der Waals surface area contributed by atoms with Crippen LogP contribution in [-0.4, -0.2) is 25.7 Å². The molecule has 2 aromatic carbocycles. The number of carbonyl (C=O) groups is 1. The van der Waals surface area contributed by atoms with Crippen LogP contribution in [0.4, 0.5) is 5.69 Å². The summed E-state index contributed by atoms with van der Waals surface area (Å²) in [5.41, 5.74) is 1.66. The minimum absolute atomic E-state index is 0.288. The molecule has 6 heteroatoms. The van der Waals surface area contributed by atoms with Gasteiger partial charge in [-0.1, -0.05) is 12.1 Å². The highest BCUT2D eigenvalue weighted by atomic mass is 16.6. The second-order valence-corrected chi connectivity index (χ2v) is 5.98. The highest BCUT2D eigenvalue weighted by molar-refractivity contribution is 5.94. The predicted molar refractivity (Wildman–Crippen MR) is 96.5 cm³/mol. The molecule has 0 spiro atoms. The summed E-state index contributed by atoms with van der Waals surface area (Å²) in [5, 5.41) is 12.0. The summed E-state index contributed by atoms with van der Waals surface area (Å²) in [7, 11) is 0. The summed E-state index contributed by atoms with van der Waals surface area (Å²) in [5.74, 6) is 0.807. The fourth-order valence-corrected chi connectivity index (χ4v) is 2.60. The number of hydrogen-bond donors (Lipinski definition) is 1. The summed E-state index contributed by atoms with van der Waals surface area (Å²) < 4.78 is 16.6. The molecule has 0 aromatic heterocycles. The number of hydrogen-bond acceptors (Lipinski definition) is 5. The summed E-state index contributed by atoms with van der Waals surface area (Å²) in [6, 6.07) is 14.8. The van der Waals surface area contributed by atoms with E-state index in [1.807, 2.05) is 37.3 Å². The standard InChI is InChI=1S/C20H20N2O4/c1-14-3-2-4-17(11-14)24-8-7-15(13-21)20(23)22-16-5-6-18-19(12-16)26-10-9-25-18/h2-6,11-12,15H,7-10H2,1H3,(H,22,23)/t15-/m1/s1. The molecular formula is C20H20N2O4. The van der Waals surface area contributed by atoms with Gasteiger partial charge in [0.2, 0.25) is 5.91 Å². The first kappa shape index (κ1) is 17.6. The van der Waals surface area contributed by atoms with Crippen LogP contribution < -0.4 is 19.5 Å². The molecule has 1 atom stereocenters. The van der Waals surface area contributed by atoms with Gasteiger partial charge in [-0.25, -0.2) is 0 Å². The Kier molecular flexibility index (Phi) is 5.59. The van der Waals surface area contributed by atoms with E-state index in [1.54, 1.807) is 18.2 Å². The van der Waals surface area contributed by atoms with Crippen molar-refractivity contribution in [2.24, 2.45) is 5.92 Å². The van der Waals surface area contributed by atoms with Crippen LogP contribution in [-0.2, 0) is 4.79 Å². The smallest absolute Gasteiger partial charge is 0.241 e. The van der Waals surface area contributed by atoms with Crippen molar-refractivity contribution < 1.29 is 19.0 Å². The Morgan fingerprint density at radius 2 is 2.04 bits per heavy atom. The molecule has 6 nitrogen and oxygen atoms in total. The van der Waals surface area contributed by atoms with Gasteiger partial charge in [-0.3, -0.25) is 4.79 Å². The summed E-state index contributed by atoms with van der Waals surface area (Å²) in [4.78, 5) is 12.3. The first-order valence-electron chi connectivity index (χ1n) is 8.45. The number of anilines is 1. The topological polar surface area (TPSA) is 80.6 Å². The fraction of sp³-hybridized carbons (Fsp3) is 0.300. The van der Waals surface area contributed by atoms with E-state index in [0.29, 0.717) is 36.8 Å². The van der Waals surface area contributed by atoms with E-state index >= 15 is 0 Å². The first-order chi connectivity index (χ1) is 12.7. The largest absolute Gasteiger partial charge is 0.494 e. The number of amides is 1. The molecule has 2 aromatic rings. The highest BCUT2D eigenvalue weighted by Crippen LogP contribution is 2.32. The van der Waals surface area contributed by atoms with E-state index in [-0.39, 0.29) is 12.5 Å². The maximum Gasteiger partial charge on any atom is 0.241 e. The molecule has 3 rings (SSSR count). The van der Waals surface area contributed by atoms with Gasteiger partial charge in [0.15, 0.2) is 11.5 Å². The van der Waals surface area contributed by atoms with Crippen molar-refractivity contribution in [1.82, 2.24) is 0 Å². The van der Waals surface area contributed by atoms with E-state index in [1.165, 1.54) is 0 Å². The molecule has 0 saturated heterocycles. The number of fused-ring (bicyclic) bond motifs is 1. The zero-order chi connectivity index (χ0) is 18.4. The van der Waals surface area contributed by atoms with E-state index in [4.69, 9.17) is 14.2 Å². The molecule has 0 unspecified atom stereocenters. The monoisotopic (exact) mass is 352 g/mol. The number of rotatable bonds is 6. The van der Waals surface area contributed by atoms with Gasteiger partial charge in [0.1, 0.15) is 24.9 Å². The summed E-state index contributed by atoms with van der Waals surface area (Å²) >= 11 is 0. The van der Waals surface area contributed by atoms with Gasteiger partial charge in [-0.05, 0) is 36.8 Å². The van der Waals surface area contributed by atoms with Gasteiger partial charge in [0, 0.05) is 18.2 Å². The lowest BCUT2D eigenvalue weighted by Gasteiger charge is -2.19. The number of nitrogens with one attached hydrogen (secondary N) is 1. The van der Waals surface area contributed by atoms with Gasteiger partial charge in [-0.2, -0.15) is 5.26 Å². The summed E-state index contributed by atoms with van der Waals surface area (Å²) in [6.07, 6.45) is 0.306. The van der Waals surface area contributed by atoms with Crippen molar-refractivity contribution in [2.75, 3.05) is 25.1 Å². The van der Waals surface area contributed by atoms with Gasteiger partial charge >= 0.3 is 0 Å². The third-order valence-electron chi connectivity index (χ3n) is 3.95. The number of benzene rings is 2. The van der Waals surface area contributed by atoms with Crippen molar-refractivity contribution in [1.29, 1.82) is 5.26 Å². The van der Waals surface area contributed by atoms with Crippen molar-refractivity contribution in [3.63, 3.8) is 0 Å². The minimum Gasteiger partial charge on any atom is -0.494 e. The Hall–Kier alpha value is -3.20. The fourth-order valence-electron chi connectivity index (χ4n) is 2.60. The number of nitrogens with zero attached hydrogens (tertiary/aromatic N) is 1. The predicted octanol–water partition coefficient (Wildman–Crippen LogP) is 3.31. The van der Waals surface area contributed by atoms with Crippen molar-refractivity contribution in [3.8, 4) is 23.3 Å². The molecule has 0 radical (unpaired) electrons. The SMILES string of the molecule is Cc1cccc(OCC[C@H](C#N)C(=O)Nc2ccc3c(c2)OCCO3)c1. The van der Waals surface area contributed by atoms with Crippen LogP contribution in [0.15, 0.2) is 42.5 Å². The van der Waals surface area contributed by atoms with Crippen molar-refractivity contribution in [2.45, 2.75) is 13.3 Å². The van der Waals surface area contributed by atoms with Crippen LogP contribution in [0.1, 0.15) is 12.0 Å². The zero-order valence-corrected chi connectivity index (χ0v) is 14.5. The average Bonchev–Trinajstić information content (AvgIpc) is 2.65. The molecule has 0 aliphatic carbocycles. The lowest BCUT2D eigenvalue weighted by Crippen LogP contribution is -2.23. The van der Waals surface area contributed by atoms with Gasteiger partial charge in [-0.15, -0.1) is 0 Å². The molecule has 134 valence electrons. The molecule has 1 aliphatic heterocycles. The lowest BCUT2D eigenvalue weighted by atomic mass is 10.1. The summed E-state index contributed by atoms with van der Waals surface area (Å²) in [6.45, 7) is 3.25. The maximum atomic E-state index is 12.3. The number of nitriles is 1.